The highest BCUT2D eigenvalue weighted by Gasteiger charge is 2.32. The van der Waals surface area contributed by atoms with Crippen LogP contribution in [-0.4, -0.2) is 77.5 Å². The van der Waals surface area contributed by atoms with Crippen LogP contribution in [0.2, 0.25) is 0 Å². The molecule has 4 aromatic rings. The summed E-state index contributed by atoms with van der Waals surface area (Å²) in [5.74, 6) is 0. The summed E-state index contributed by atoms with van der Waals surface area (Å²) < 4.78 is 31.2. The molecule has 6 rings (SSSR count). The van der Waals surface area contributed by atoms with Crippen LogP contribution in [0.3, 0.4) is 0 Å². The first kappa shape index (κ1) is 29.7. The Labute approximate surface area is 253 Å². The Balaban J connectivity index is 1.22. The molecule has 0 unspecified atom stereocenters. The van der Waals surface area contributed by atoms with Crippen molar-refractivity contribution in [2.75, 3.05) is 39.3 Å². The van der Waals surface area contributed by atoms with Gasteiger partial charge in [0, 0.05) is 36.4 Å². The lowest BCUT2D eigenvalue weighted by Gasteiger charge is -2.34. The summed E-state index contributed by atoms with van der Waals surface area (Å²) in [5, 5.41) is 4.14. The zero-order valence-electron chi connectivity index (χ0n) is 24.5. The zero-order chi connectivity index (χ0) is 29.8. The first-order valence-corrected chi connectivity index (χ1v) is 16.8. The number of sulfonamides is 1. The molecule has 4 N–H and O–H groups in total. The number of H-pyrrole nitrogens is 1. The molecule has 0 bridgehead atoms. The summed E-state index contributed by atoms with van der Waals surface area (Å²) in [6.45, 7) is 5.80. The monoisotopic (exact) mass is 603 g/mol. The van der Waals surface area contributed by atoms with Crippen molar-refractivity contribution >= 4 is 21.1 Å². The molecule has 0 radical (unpaired) electrons. The van der Waals surface area contributed by atoms with Crippen molar-refractivity contribution in [2.45, 2.75) is 56.0 Å². The summed E-state index contributed by atoms with van der Waals surface area (Å²) in [6, 6.07) is 16.5. The second-order valence-corrected chi connectivity index (χ2v) is 13.5. The van der Waals surface area contributed by atoms with Gasteiger partial charge in [0.05, 0.1) is 10.6 Å². The van der Waals surface area contributed by atoms with E-state index in [9.17, 15) is 13.2 Å². The fraction of sp³-hybridized carbons (Fsp3) is 0.438. The smallest absolute Gasteiger partial charge is 0.339 e. The SMILES string of the molecule is NCc1ccc(-n2cc3cc(-c4ccc(S(=O)(=O)N(CCCN5CCCCC5)C5CCNCC5)cc4)[nH]c3nc2=O)cc1. The van der Waals surface area contributed by atoms with Crippen LogP contribution in [0.4, 0.5) is 0 Å². The molecule has 2 aliphatic rings. The summed E-state index contributed by atoms with van der Waals surface area (Å²) in [4.78, 5) is 23.0. The van der Waals surface area contributed by atoms with Gasteiger partial charge in [0.25, 0.3) is 0 Å². The molecule has 11 heteroatoms. The molecule has 0 atom stereocenters. The summed E-state index contributed by atoms with van der Waals surface area (Å²) in [7, 11) is -3.66. The van der Waals surface area contributed by atoms with Crippen LogP contribution < -0.4 is 16.7 Å². The molecule has 4 heterocycles. The molecule has 0 spiro atoms. The number of aromatic amines is 1. The lowest BCUT2D eigenvalue weighted by atomic mass is 10.1. The van der Waals surface area contributed by atoms with E-state index in [1.165, 1.54) is 23.8 Å². The molecule has 2 fully saturated rings. The van der Waals surface area contributed by atoms with Gasteiger partial charge >= 0.3 is 5.69 Å². The number of nitrogens with zero attached hydrogens (tertiary/aromatic N) is 4. The highest BCUT2D eigenvalue weighted by molar-refractivity contribution is 7.89. The van der Waals surface area contributed by atoms with Crippen LogP contribution >= 0.6 is 0 Å². The maximum atomic E-state index is 14.0. The Bertz CT molecular complexity index is 1690. The van der Waals surface area contributed by atoms with Crippen LogP contribution in [0.5, 0.6) is 0 Å². The summed E-state index contributed by atoms with van der Waals surface area (Å²) in [5.41, 5.74) is 9.08. The quantitative estimate of drug-likeness (QED) is 0.253. The molecule has 0 saturated carbocycles. The molecular formula is C32H41N7O3S. The number of aromatic nitrogens is 3. The van der Waals surface area contributed by atoms with E-state index in [0.29, 0.717) is 29.3 Å². The van der Waals surface area contributed by atoms with Crippen molar-refractivity contribution < 1.29 is 8.42 Å². The fourth-order valence-electron chi connectivity index (χ4n) is 6.30. The number of nitrogens with two attached hydrogens (primary N) is 1. The van der Waals surface area contributed by atoms with Crippen molar-refractivity contribution in [1.82, 2.24) is 29.1 Å². The number of benzene rings is 2. The van der Waals surface area contributed by atoms with Gasteiger partial charge in [-0.3, -0.25) is 4.57 Å². The Hall–Kier alpha value is -3.35. The molecule has 2 aromatic carbocycles. The van der Waals surface area contributed by atoms with Crippen LogP contribution in [-0.2, 0) is 16.6 Å². The van der Waals surface area contributed by atoms with Crippen molar-refractivity contribution in [3.05, 3.63) is 76.8 Å². The number of hydrogen-bond acceptors (Lipinski definition) is 7. The number of hydrogen-bond donors (Lipinski definition) is 3. The number of nitrogens with one attached hydrogen (secondary N) is 2. The van der Waals surface area contributed by atoms with Gasteiger partial charge in [-0.15, -0.1) is 0 Å². The topological polar surface area (TPSA) is 129 Å². The van der Waals surface area contributed by atoms with Crippen LogP contribution in [0.1, 0.15) is 44.1 Å². The first-order chi connectivity index (χ1) is 20.9. The van der Waals surface area contributed by atoms with E-state index in [1.807, 2.05) is 42.5 Å². The van der Waals surface area contributed by atoms with E-state index in [-0.39, 0.29) is 11.7 Å². The average Bonchev–Trinajstić information content (AvgIpc) is 3.46. The van der Waals surface area contributed by atoms with E-state index in [4.69, 9.17) is 5.73 Å². The molecule has 2 saturated heterocycles. The minimum Gasteiger partial charge on any atom is -0.339 e. The van der Waals surface area contributed by atoms with Gasteiger partial charge in [0.2, 0.25) is 10.0 Å². The van der Waals surface area contributed by atoms with Crippen LogP contribution in [0.15, 0.2) is 70.5 Å². The number of likely N-dealkylation sites (tertiary alicyclic amines) is 1. The molecular weight excluding hydrogens is 562 g/mol. The summed E-state index contributed by atoms with van der Waals surface area (Å²) >= 11 is 0. The maximum Gasteiger partial charge on any atom is 0.354 e. The van der Waals surface area contributed by atoms with Crippen molar-refractivity contribution in [1.29, 1.82) is 0 Å². The number of fused-ring (bicyclic) bond motifs is 1. The van der Waals surface area contributed by atoms with E-state index in [1.54, 1.807) is 22.6 Å². The van der Waals surface area contributed by atoms with Gasteiger partial charge in [0.15, 0.2) is 0 Å². The third-order valence-electron chi connectivity index (χ3n) is 8.75. The van der Waals surface area contributed by atoms with Gasteiger partial charge in [-0.1, -0.05) is 30.7 Å². The Morgan fingerprint density at radius 2 is 1.70 bits per heavy atom. The third kappa shape index (κ3) is 6.61. The second-order valence-electron chi connectivity index (χ2n) is 11.6. The van der Waals surface area contributed by atoms with Gasteiger partial charge in [-0.25, -0.2) is 13.2 Å². The minimum absolute atomic E-state index is 0.00607. The van der Waals surface area contributed by atoms with Crippen LogP contribution in [0, 0.1) is 0 Å². The predicted molar refractivity (Wildman–Crippen MR) is 170 cm³/mol. The summed E-state index contributed by atoms with van der Waals surface area (Å²) in [6.07, 6.45) is 8.00. The molecule has 228 valence electrons. The standard InChI is InChI=1S/C32H41N7O3S/c33-22-24-5-9-27(10-6-24)38-23-26-21-30(35-31(26)36-32(38)40)25-7-11-29(12-8-25)43(41,42)39(28-13-15-34-16-14-28)20-4-19-37-17-2-1-3-18-37/h5-12,21,23,28,34H,1-4,13-20,22,33H2,(H,35,36,40). The van der Waals surface area contributed by atoms with Crippen molar-refractivity contribution in [2.24, 2.45) is 5.73 Å². The lowest BCUT2D eigenvalue weighted by Crippen LogP contribution is -2.47. The van der Waals surface area contributed by atoms with Crippen molar-refractivity contribution in [3.63, 3.8) is 0 Å². The molecule has 0 amide bonds. The van der Waals surface area contributed by atoms with Crippen LogP contribution in [0.25, 0.3) is 28.0 Å². The maximum absolute atomic E-state index is 14.0. The average molecular weight is 604 g/mol. The van der Waals surface area contributed by atoms with Gasteiger partial charge in [0.1, 0.15) is 5.65 Å². The molecule has 2 aromatic heterocycles. The predicted octanol–water partition coefficient (Wildman–Crippen LogP) is 3.46. The van der Waals surface area contributed by atoms with Crippen molar-refractivity contribution in [3.8, 4) is 16.9 Å². The number of rotatable bonds is 10. The normalized spacial score (nSPS) is 17.2. The highest BCUT2D eigenvalue weighted by atomic mass is 32.2. The zero-order valence-corrected chi connectivity index (χ0v) is 25.4. The second kappa shape index (κ2) is 13.1. The molecule has 10 nitrogen and oxygen atoms in total. The largest absolute Gasteiger partial charge is 0.354 e. The van der Waals surface area contributed by atoms with E-state index in [0.717, 1.165) is 74.2 Å². The Morgan fingerprint density at radius 1 is 0.977 bits per heavy atom. The number of piperidine rings is 2. The highest BCUT2D eigenvalue weighted by Crippen LogP contribution is 2.28. The van der Waals surface area contributed by atoms with E-state index < -0.39 is 10.0 Å². The molecule has 2 aliphatic heterocycles. The Kier molecular flexibility index (Phi) is 9.06. The third-order valence-corrected chi connectivity index (χ3v) is 10.7. The Morgan fingerprint density at radius 3 is 2.40 bits per heavy atom. The minimum atomic E-state index is -3.66. The van der Waals surface area contributed by atoms with Gasteiger partial charge in [-0.2, -0.15) is 9.29 Å². The molecule has 0 aliphatic carbocycles. The lowest BCUT2D eigenvalue weighted by molar-refractivity contribution is 0.205. The van der Waals surface area contributed by atoms with Gasteiger partial charge in [-0.05, 0) is 106 Å². The first-order valence-electron chi connectivity index (χ1n) is 15.4. The van der Waals surface area contributed by atoms with E-state index in [2.05, 4.69) is 20.2 Å². The van der Waals surface area contributed by atoms with Gasteiger partial charge < -0.3 is 20.9 Å². The van der Waals surface area contributed by atoms with E-state index >= 15 is 0 Å². The fourth-order valence-corrected chi connectivity index (χ4v) is 8.02. The molecule has 43 heavy (non-hydrogen) atoms.